The van der Waals surface area contributed by atoms with E-state index in [9.17, 15) is 14.0 Å². The lowest BCUT2D eigenvalue weighted by molar-refractivity contribution is -0.114. The molecule has 0 fully saturated rings. The van der Waals surface area contributed by atoms with Crippen molar-refractivity contribution in [3.63, 3.8) is 0 Å². The first-order valence-electron chi connectivity index (χ1n) is 12.0. The second-order valence-electron chi connectivity index (χ2n) is 9.28. The molecule has 2 aliphatic rings. The van der Waals surface area contributed by atoms with Crippen molar-refractivity contribution in [3.05, 3.63) is 59.2 Å². The van der Waals surface area contributed by atoms with Gasteiger partial charge < -0.3 is 15.5 Å². The van der Waals surface area contributed by atoms with Crippen LogP contribution in [0.2, 0.25) is 0 Å². The molecule has 0 aliphatic carbocycles. The maximum absolute atomic E-state index is 14.8. The zero-order valence-corrected chi connectivity index (χ0v) is 21.7. The number of fused-ring (bicyclic) bond motifs is 2. The summed E-state index contributed by atoms with van der Waals surface area (Å²) in [5.41, 5.74) is 3.53. The molecule has 37 heavy (non-hydrogen) atoms. The molecular formula is C26H29ClFN7O2. The number of benzene rings is 1. The molecule has 9 nitrogen and oxygen atoms in total. The van der Waals surface area contributed by atoms with E-state index in [-0.39, 0.29) is 30.1 Å². The predicted molar refractivity (Wildman–Crippen MR) is 142 cm³/mol. The van der Waals surface area contributed by atoms with E-state index in [2.05, 4.69) is 31.6 Å². The summed E-state index contributed by atoms with van der Waals surface area (Å²) in [6.45, 7) is 7.38. The van der Waals surface area contributed by atoms with Gasteiger partial charge in [0.25, 0.3) is 11.7 Å². The Hall–Kier alpha value is -3.47. The van der Waals surface area contributed by atoms with Crippen molar-refractivity contribution in [2.75, 3.05) is 36.9 Å². The van der Waals surface area contributed by atoms with Crippen molar-refractivity contribution in [1.29, 1.82) is 0 Å². The fraction of sp³-hybridized carbons (Fsp3) is 0.346. The summed E-state index contributed by atoms with van der Waals surface area (Å²) in [5.74, 6) is -0.942. The van der Waals surface area contributed by atoms with Crippen LogP contribution in [0.4, 0.5) is 21.8 Å². The minimum absolute atomic E-state index is 0. The molecule has 0 unspecified atom stereocenters. The number of pyridine rings is 1. The molecule has 3 aromatic rings. The number of nitrogens with one attached hydrogen (secondary N) is 2. The summed E-state index contributed by atoms with van der Waals surface area (Å²) < 4.78 is 14.8. The quantitative estimate of drug-likeness (QED) is 0.453. The molecular weight excluding hydrogens is 497 g/mol. The molecule has 0 radical (unpaired) electrons. The summed E-state index contributed by atoms with van der Waals surface area (Å²) in [6.07, 6.45) is 1.95. The third-order valence-corrected chi connectivity index (χ3v) is 6.49. The fourth-order valence-corrected chi connectivity index (χ4v) is 4.67. The number of carbonyl (C=O) groups excluding carboxylic acids is 2. The van der Waals surface area contributed by atoms with Gasteiger partial charge in [-0.1, -0.05) is 12.1 Å². The number of amides is 1. The highest BCUT2D eigenvalue weighted by Gasteiger charge is 2.37. The molecule has 4 heterocycles. The molecule has 0 saturated carbocycles. The van der Waals surface area contributed by atoms with Gasteiger partial charge in [-0.15, -0.1) is 12.4 Å². The fourth-order valence-electron chi connectivity index (χ4n) is 4.67. The van der Waals surface area contributed by atoms with Gasteiger partial charge in [0, 0.05) is 49.9 Å². The van der Waals surface area contributed by atoms with Gasteiger partial charge in [-0.2, -0.15) is 0 Å². The van der Waals surface area contributed by atoms with Crippen LogP contribution >= 0.6 is 12.4 Å². The van der Waals surface area contributed by atoms with Gasteiger partial charge in [0.2, 0.25) is 5.95 Å². The van der Waals surface area contributed by atoms with Gasteiger partial charge in [0.05, 0.1) is 17.4 Å². The highest BCUT2D eigenvalue weighted by molar-refractivity contribution is 6.52. The number of hydrogen-bond acceptors (Lipinski definition) is 8. The summed E-state index contributed by atoms with van der Waals surface area (Å²) in [4.78, 5) is 41.8. The highest BCUT2D eigenvalue weighted by Crippen LogP contribution is 2.35. The number of anilines is 3. The van der Waals surface area contributed by atoms with E-state index in [0.717, 1.165) is 44.5 Å². The minimum atomic E-state index is -0.604. The van der Waals surface area contributed by atoms with E-state index in [0.29, 0.717) is 22.6 Å². The number of hydrogen-bond donors (Lipinski definition) is 2. The molecule has 2 aliphatic heterocycles. The van der Waals surface area contributed by atoms with E-state index >= 15 is 0 Å². The molecule has 0 atom stereocenters. The topological polar surface area (TPSA) is 103 Å². The van der Waals surface area contributed by atoms with Crippen molar-refractivity contribution in [3.8, 4) is 11.3 Å². The summed E-state index contributed by atoms with van der Waals surface area (Å²) in [5, 5.41) is 6.27. The van der Waals surface area contributed by atoms with Crippen LogP contribution in [0.25, 0.3) is 11.3 Å². The van der Waals surface area contributed by atoms with Gasteiger partial charge in [-0.05, 0) is 44.7 Å². The Morgan fingerprint density at radius 2 is 1.95 bits per heavy atom. The molecule has 0 spiro atoms. The lowest BCUT2D eigenvalue weighted by Crippen LogP contribution is -2.35. The van der Waals surface area contributed by atoms with Crippen LogP contribution in [-0.2, 0) is 17.8 Å². The van der Waals surface area contributed by atoms with Gasteiger partial charge in [0.15, 0.2) is 5.82 Å². The summed E-state index contributed by atoms with van der Waals surface area (Å²) in [6, 6.07) is 8.49. The van der Waals surface area contributed by atoms with Crippen LogP contribution in [0.15, 0.2) is 36.5 Å². The molecule has 2 aromatic heterocycles. The van der Waals surface area contributed by atoms with Crippen LogP contribution in [0.3, 0.4) is 0 Å². The van der Waals surface area contributed by atoms with E-state index in [4.69, 9.17) is 4.98 Å². The molecule has 2 N–H and O–H groups in total. The Balaban J connectivity index is 0.00000320. The normalized spacial score (nSPS) is 15.0. The summed E-state index contributed by atoms with van der Waals surface area (Å²) in [7, 11) is 1.95. The number of likely N-dealkylation sites (N-methyl/N-ethyl adjacent to an activating group) is 1. The van der Waals surface area contributed by atoms with Gasteiger partial charge >= 0.3 is 0 Å². The molecule has 194 valence electrons. The average molecular weight is 526 g/mol. The SMILES string of the molecule is CNCCN1CCc2nc(Nc3ncc(F)c(-c4ccc5c(c4)N(C(C)C)C(=O)C5=O)n3)ccc2C1.Cl. The second kappa shape index (κ2) is 10.9. The van der Waals surface area contributed by atoms with Crippen LogP contribution < -0.4 is 15.5 Å². The Bertz CT molecular complexity index is 1350. The van der Waals surface area contributed by atoms with Crippen molar-refractivity contribution in [1.82, 2.24) is 25.2 Å². The van der Waals surface area contributed by atoms with E-state index < -0.39 is 17.5 Å². The zero-order valence-electron chi connectivity index (χ0n) is 20.9. The molecule has 11 heteroatoms. The van der Waals surface area contributed by atoms with Gasteiger partial charge in [-0.25, -0.2) is 19.3 Å². The number of ketones is 1. The summed E-state index contributed by atoms with van der Waals surface area (Å²) >= 11 is 0. The van der Waals surface area contributed by atoms with Crippen molar-refractivity contribution >= 4 is 41.6 Å². The van der Waals surface area contributed by atoms with Gasteiger partial charge in [0.1, 0.15) is 11.5 Å². The lowest BCUT2D eigenvalue weighted by atomic mass is 10.1. The Labute approximate surface area is 220 Å². The van der Waals surface area contributed by atoms with E-state index in [1.807, 2.05) is 27.0 Å². The van der Waals surface area contributed by atoms with Crippen LogP contribution in [0, 0.1) is 5.82 Å². The molecule has 1 aromatic carbocycles. The maximum Gasteiger partial charge on any atom is 0.299 e. The Morgan fingerprint density at radius 3 is 2.70 bits per heavy atom. The minimum Gasteiger partial charge on any atom is -0.318 e. The number of carbonyl (C=O) groups is 2. The van der Waals surface area contributed by atoms with Crippen LogP contribution in [0.1, 0.15) is 35.5 Å². The van der Waals surface area contributed by atoms with Crippen molar-refractivity contribution in [2.24, 2.45) is 0 Å². The third kappa shape index (κ3) is 5.18. The largest absolute Gasteiger partial charge is 0.318 e. The smallest absolute Gasteiger partial charge is 0.299 e. The Kier molecular flexibility index (Phi) is 7.82. The zero-order chi connectivity index (χ0) is 25.4. The first kappa shape index (κ1) is 26.6. The maximum atomic E-state index is 14.8. The second-order valence-corrected chi connectivity index (χ2v) is 9.28. The van der Waals surface area contributed by atoms with Crippen LogP contribution in [0.5, 0.6) is 0 Å². The number of nitrogens with zero attached hydrogens (tertiary/aromatic N) is 5. The first-order chi connectivity index (χ1) is 17.4. The Morgan fingerprint density at radius 1 is 1.14 bits per heavy atom. The molecule has 1 amide bonds. The van der Waals surface area contributed by atoms with Gasteiger partial charge in [-0.3, -0.25) is 14.5 Å². The third-order valence-electron chi connectivity index (χ3n) is 6.49. The lowest BCUT2D eigenvalue weighted by Gasteiger charge is -2.28. The molecule has 0 saturated heterocycles. The number of halogens is 2. The van der Waals surface area contributed by atoms with E-state index in [1.54, 1.807) is 18.2 Å². The number of rotatable bonds is 7. The standard InChI is InChI=1S/C26H28FN7O2.ClH/c1-15(2)34-21-12-16(4-6-18(21)24(35)25(34)36)23-19(27)13-29-26(32-23)31-22-7-5-17-14-33(11-9-28-3)10-8-20(17)30-22;/h4-7,12-13,15,28H,8-11,14H2,1-3H3,(H,29,30,31,32);1H. The van der Waals surface area contributed by atoms with Crippen LogP contribution in [-0.4, -0.2) is 64.3 Å². The molecule has 5 rings (SSSR count). The first-order valence-corrected chi connectivity index (χ1v) is 12.0. The monoisotopic (exact) mass is 525 g/mol. The average Bonchev–Trinajstić information content (AvgIpc) is 3.13. The van der Waals surface area contributed by atoms with Crippen molar-refractivity contribution in [2.45, 2.75) is 32.9 Å². The van der Waals surface area contributed by atoms with Crippen molar-refractivity contribution < 1.29 is 14.0 Å². The van der Waals surface area contributed by atoms with E-state index in [1.165, 1.54) is 10.5 Å². The highest BCUT2D eigenvalue weighted by atomic mass is 35.5. The number of aromatic nitrogens is 3. The predicted octanol–water partition coefficient (Wildman–Crippen LogP) is 3.36. The number of Topliss-reactive ketones (excluding diaryl/α,β-unsaturated/α-hetero) is 1. The molecule has 0 bridgehead atoms.